The number of nitrogens with zero attached hydrogens (tertiary/aromatic N) is 3. The van der Waals surface area contributed by atoms with Gasteiger partial charge in [-0.2, -0.15) is 0 Å². The van der Waals surface area contributed by atoms with Crippen LogP contribution < -0.4 is 5.32 Å². The lowest BCUT2D eigenvalue weighted by Gasteiger charge is -2.11. The molecule has 0 atom stereocenters. The highest BCUT2D eigenvalue weighted by Crippen LogP contribution is 2.27. The van der Waals surface area contributed by atoms with Gasteiger partial charge in [0, 0.05) is 29.8 Å². The van der Waals surface area contributed by atoms with Crippen molar-refractivity contribution in [2.24, 2.45) is 0 Å². The third-order valence-corrected chi connectivity index (χ3v) is 5.54. The average molecular weight is 417 g/mol. The lowest BCUT2D eigenvalue weighted by Crippen LogP contribution is -2.08. The monoisotopic (exact) mass is 416 g/mol. The summed E-state index contributed by atoms with van der Waals surface area (Å²) >= 11 is 1.47. The van der Waals surface area contributed by atoms with E-state index >= 15 is 0 Å². The van der Waals surface area contributed by atoms with Gasteiger partial charge in [0.25, 0.3) is 5.69 Å². The lowest BCUT2D eigenvalue weighted by molar-refractivity contribution is -0.384. The topological polar surface area (TPSA) is 81.0 Å². The van der Waals surface area contributed by atoms with E-state index in [1.54, 1.807) is 12.1 Å². The Kier molecular flexibility index (Phi) is 6.20. The molecule has 4 rings (SSSR count). The molecule has 0 bridgehead atoms. The van der Waals surface area contributed by atoms with Crippen LogP contribution in [0.4, 0.5) is 11.5 Å². The minimum absolute atomic E-state index is 0.0933. The van der Waals surface area contributed by atoms with E-state index in [0.717, 1.165) is 35.2 Å². The first-order chi connectivity index (χ1) is 14.7. The number of benzene rings is 3. The van der Waals surface area contributed by atoms with Crippen LogP contribution in [0.15, 0.2) is 84.0 Å². The van der Waals surface area contributed by atoms with Gasteiger partial charge in [-0.3, -0.25) is 10.1 Å². The number of hydrogen-bond donors (Lipinski definition) is 1. The molecular weight excluding hydrogens is 396 g/mol. The molecule has 0 aliphatic rings. The zero-order valence-corrected chi connectivity index (χ0v) is 17.0. The van der Waals surface area contributed by atoms with Crippen LogP contribution in [-0.4, -0.2) is 21.4 Å². The van der Waals surface area contributed by atoms with Gasteiger partial charge in [0.2, 0.25) is 0 Å². The predicted octanol–water partition coefficient (Wildman–Crippen LogP) is 5.48. The molecule has 1 N–H and O–H groups in total. The Morgan fingerprint density at radius 3 is 2.50 bits per heavy atom. The molecule has 0 saturated heterocycles. The molecule has 0 unspecified atom stereocenters. The second-order valence-electron chi connectivity index (χ2n) is 6.75. The number of non-ortho nitro benzene ring substituents is 1. The van der Waals surface area contributed by atoms with Crippen LogP contribution in [0.25, 0.3) is 10.9 Å². The maximum atomic E-state index is 11.0. The molecule has 0 radical (unpaired) electrons. The number of thioether (sulfide) groups is 1. The summed E-state index contributed by atoms with van der Waals surface area (Å²) < 4.78 is 0. The van der Waals surface area contributed by atoms with Crippen molar-refractivity contribution in [2.75, 3.05) is 11.9 Å². The summed E-state index contributed by atoms with van der Waals surface area (Å²) in [5, 5.41) is 16.1. The van der Waals surface area contributed by atoms with Gasteiger partial charge in [0.1, 0.15) is 5.82 Å². The SMILES string of the molecule is O=[N+]([O-])c1cccc(CSc2nc(NCCc3ccccc3)c3ccccc3n2)c1. The van der Waals surface area contributed by atoms with Crippen molar-refractivity contribution in [1.82, 2.24) is 9.97 Å². The van der Waals surface area contributed by atoms with Gasteiger partial charge in [-0.25, -0.2) is 9.97 Å². The van der Waals surface area contributed by atoms with E-state index in [0.29, 0.717) is 10.9 Å². The number of fused-ring (bicyclic) bond motifs is 1. The zero-order valence-electron chi connectivity index (χ0n) is 16.2. The van der Waals surface area contributed by atoms with Gasteiger partial charge in [-0.05, 0) is 29.7 Å². The number of aromatic nitrogens is 2. The molecule has 6 nitrogen and oxygen atoms in total. The zero-order chi connectivity index (χ0) is 20.8. The average Bonchev–Trinajstić information content (AvgIpc) is 2.78. The fraction of sp³-hybridized carbons (Fsp3) is 0.130. The molecule has 150 valence electrons. The Morgan fingerprint density at radius 1 is 0.900 bits per heavy atom. The third kappa shape index (κ3) is 4.93. The van der Waals surface area contributed by atoms with Crippen molar-refractivity contribution in [1.29, 1.82) is 0 Å². The number of hydrogen-bond acceptors (Lipinski definition) is 6. The first-order valence-electron chi connectivity index (χ1n) is 9.60. The molecule has 1 aromatic heterocycles. The quantitative estimate of drug-likeness (QED) is 0.177. The van der Waals surface area contributed by atoms with Crippen molar-refractivity contribution in [3.63, 3.8) is 0 Å². The molecule has 1 heterocycles. The Labute approximate surface area is 178 Å². The summed E-state index contributed by atoms with van der Waals surface area (Å²) in [4.78, 5) is 20.0. The highest BCUT2D eigenvalue weighted by Gasteiger charge is 2.10. The Morgan fingerprint density at radius 2 is 1.67 bits per heavy atom. The molecular formula is C23H20N4O2S. The molecule has 0 aliphatic carbocycles. The highest BCUT2D eigenvalue weighted by atomic mass is 32.2. The lowest BCUT2D eigenvalue weighted by atomic mass is 10.1. The van der Waals surface area contributed by atoms with E-state index in [1.807, 2.05) is 48.5 Å². The Hall–Kier alpha value is -3.45. The summed E-state index contributed by atoms with van der Waals surface area (Å²) in [6.07, 6.45) is 0.898. The van der Waals surface area contributed by atoms with Crippen molar-refractivity contribution in [3.05, 3.63) is 100 Å². The third-order valence-electron chi connectivity index (χ3n) is 4.62. The van der Waals surface area contributed by atoms with Crippen molar-refractivity contribution in [3.8, 4) is 0 Å². The van der Waals surface area contributed by atoms with Crippen molar-refractivity contribution >= 4 is 34.2 Å². The Bertz CT molecular complexity index is 1170. The standard InChI is InChI=1S/C23H20N4O2S/c28-27(29)19-10-6-9-18(15-19)16-30-23-25-21-12-5-4-11-20(21)22(26-23)24-14-13-17-7-2-1-3-8-17/h1-12,15H,13-14,16H2,(H,24,25,26). The number of nitro benzene ring substituents is 1. The van der Waals surface area contributed by atoms with Crippen LogP contribution >= 0.6 is 11.8 Å². The first-order valence-corrected chi connectivity index (χ1v) is 10.6. The van der Waals surface area contributed by atoms with Crippen LogP contribution in [-0.2, 0) is 12.2 Å². The minimum Gasteiger partial charge on any atom is -0.369 e. The van der Waals surface area contributed by atoms with Crippen LogP contribution in [0.1, 0.15) is 11.1 Å². The predicted molar refractivity (Wildman–Crippen MR) is 121 cm³/mol. The van der Waals surface area contributed by atoms with Crippen LogP contribution in [0.3, 0.4) is 0 Å². The molecule has 0 amide bonds. The molecule has 0 spiro atoms. The van der Waals surface area contributed by atoms with E-state index in [2.05, 4.69) is 22.4 Å². The molecule has 4 aromatic rings. The van der Waals surface area contributed by atoms with E-state index in [9.17, 15) is 10.1 Å². The van der Waals surface area contributed by atoms with Gasteiger partial charge >= 0.3 is 0 Å². The van der Waals surface area contributed by atoms with Gasteiger partial charge in [0.05, 0.1) is 10.4 Å². The smallest absolute Gasteiger partial charge is 0.269 e. The Balaban J connectivity index is 1.51. The van der Waals surface area contributed by atoms with E-state index in [4.69, 9.17) is 4.98 Å². The van der Waals surface area contributed by atoms with Gasteiger partial charge in [-0.15, -0.1) is 0 Å². The fourth-order valence-corrected chi connectivity index (χ4v) is 3.93. The first kappa shape index (κ1) is 19.8. The summed E-state index contributed by atoms with van der Waals surface area (Å²) in [6.45, 7) is 0.764. The number of para-hydroxylation sites is 1. The number of rotatable bonds is 8. The molecule has 0 aliphatic heterocycles. The molecule has 0 saturated carbocycles. The van der Waals surface area contributed by atoms with Gasteiger partial charge in [0.15, 0.2) is 5.16 Å². The molecule has 30 heavy (non-hydrogen) atoms. The van der Waals surface area contributed by atoms with Crippen LogP contribution in [0.5, 0.6) is 0 Å². The largest absolute Gasteiger partial charge is 0.369 e. The normalized spacial score (nSPS) is 10.8. The maximum absolute atomic E-state index is 11.0. The molecule has 0 fully saturated rings. The number of nitro groups is 1. The summed E-state index contributed by atoms with van der Waals surface area (Å²) in [6, 6.07) is 24.9. The van der Waals surface area contributed by atoms with Gasteiger partial charge < -0.3 is 5.32 Å². The second-order valence-corrected chi connectivity index (χ2v) is 7.69. The van der Waals surface area contributed by atoms with Crippen LogP contribution in [0.2, 0.25) is 0 Å². The van der Waals surface area contributed by atoms with Crippen molar-refractivity contribution in [2.45, 2.75) is 17.3 Å². The van der Waals surface area contributed by atoms with E-state index < -0.39 is 0 Å². The van der Waals surface area contributed by atoms with Crippen molar-refractivity contribution < 1.29 is 4.92 Å². The number of anilines is 1. The second kappa shape index (κ2) is 9.37. The van der Waals surface area contributed by atoms with Gasteiger partial charge in [-0.1, -0.05) is 66.4 Å². The highest BCUT2D eigenvalue weighted by molar-refractivity contribution is 7.98. The molecule has 3 aromatic carbocycles. The maximum Gasteiger partial charge on any atom is 0.269 e. The molecule has 7 heteroatoms. The summed E-state index contributed by atoms with van der Waals surface area (Å²) in [5.41, 5.74) is 3.10. The fourth-order valence-electron chi connectivity index (χ4n) is 3.13. The number of nitrogens with one attached hydrogen (secondary N) is 1. The minimum atomic E-state index is -0.380. The van der Waals surface area contributed by atoms with E-state index in [-0.39, 0.29) is 10.6 Å². The van der Waals surface area contributed by atoms with Crippen LogP contribution in [0, 0.1) is 10.1 Å². The summed E-state index contributed by atoms with van der Waals surface area (Å²) in [7, 11) is 0. The summed E-state index contributed by atoms with van der Waals surface area (Å²) in [5.74, 6) is 1.36. The van der Waals surface area contributed by atoms with E-state index in [1.165, 1.54) is 23.4 Å².